The lowest BCUT2D eigenvalue weighted by Crippen LogP contribution is -2.43. The van der Waals surface area contributed by atoms with Crippen LogP contribution < -0.4 is 15.8 Å². The Balaban J connectivity index is 1.39. The summed E-state index contributed by atoms with van der Waals surface area (Å²) in [5, 5.41) is 8.22. The summed E-state index contributed by atoms with van der Waals surface area (Å²) in [6, 6.07) is 7.01. The quantitative estimate of drug-likeness (QED) is 0.369. The number of aromatic amines is 1. The molecule has 4 rings (SSSR count). The van der Waals surface area contributed by atoms with Crippen molar-refractivity contribution in [1.82, 2.24) is 30.6 Å². The molecule has 1 aliphatic heterocycles. The predicted molar refractivity (Wildman–Crippen MR) is 123 cm³/mol. The minimum atomic E-state index is -0.457. The molecule has 0 unspecified atom stereocenters. The third kappa shape index (κ3) is 4.99. The van der Waals surface area contributed by atoms with Crippen molar-refractivity contribution in [3.8, 4) is 11.4 Å². The molecule has 168 valence electrons. The van der Waals surface area contributed by atoms with Gasteiger partial charge in [-0.05, 0) is 43.4 Å². The number of thiazole rings is 1. The van der Waals surface area contributed by atoms with Gasteiger partial charge in [-0.1, -0.05) is 22.9 Å². The normalized spacial score (nSPS) is 13.8. The van der Waals surface area contributed by atoms with Crippen LogP contribution >= 0.6 is 35.2 Å². The summed E-state index contributed by atoms with van der Waals surface area (Å²) in [7, 11) is 0. The number of carbonyl (C=O) groups excluding carboxylic acids is 2. The number of carbonyl (C=O) groups is 2. The minimum absolute atomic E-state index is 0.131. The van der Waals surface area contributed by atoms with E-state index in [1.807, 2.05) is 0 Å². The largest absolute Gasteiger partial charge is 0.378 e. The summed E-state index contributed by atoms with van der Waals surface area (Å²) in [6.07, 6.45) is 0. The van der Waals surface area contributed by atoms with Crippen molar-refractivity contribution in [3.05, 3.63) is 44.6 Å². The summed E-state index contributed by atoms with van der Waals surface area (Å²) >= 11 is 12.5. The Morgan fingerprint density at radius 2 is 1.97 bits per heavy atom. The minimum Gasteiger partial charge on any atom is -0.378 e. The first-order valence-electron chi connectivity index (χ1n) is 9.73. The van der Waals surface area contributed by atoms with E-state index in [4.69, 9.17) is 28.6 Å². The average Bonchev–Trinajstić information content (AvgIpc) is 3.36. The monoisotopic (exact) mass is 493 g/mol. The highest BCUT2D eigenvalue weighted by atomic mass is 35.5. The number of hydrogen-bond acceptors (Lipinski definition) is 8. The molecular formula is C19H20ClN7O3S2. The molecule has 0 spiro atoms. The lowest BCUT2D eigenvalue weighted by molar-refractivity contribution is -0.122. The number of hydrogen-bond donors (Lipinski definition) is 3. The van der Waals surface area contributed by atoms with Gasteiger partial charge in [-0.2, -0.15) is 5.10 Å². The lowest BCUT2D eigenvalue weighted by atomic mass is 10.2. The first kappa shape index (κ1) is 22.4. The van der Waals surface area contributed by atoms with Gasteiger partial charge in [0.15, 0.2) is 15.7 Å². The zero-order valence-corrected chi connectivity index (χ0v) is 19.4. The van der Waals surface area contributed by atoms with Crippen LogP contribution in [0.2, 0.25) is 5.02 Å². The second-order valence-electron chi connectivity index (χ2n) is 6.96. The molecule has 0 bridgehead atoms. The summed E-state index contributed by atoms with van der Waals surface area (Å²) < 4.78 is 7.17. The fourth-order valence-electron chi connectivity index (χ4n) is 3.13. The van der Waals surface area contributed by atoms with Crippen molar-refractivity contribution >= 4 is 52.1 Å². The van der Waals surface area contributed by atoms with Crippen molar-refractivity contribution in [2.45, 2.75) is 13.5 Å². The number of nitrogens with one attached hydrogen (secondary N) is 3. The molecule has 1 fully saturated rings. The standard InChI is InChI=1S/C19H20ClN7O3S2/c1-11-15(32-19(21-11)26-6-8-30-9-7-26)17(29)24-22-14(28)10-27-16(23-25-18(27)31)12-2-4-13(20)5-3-12/h2-5H,6-10H2,1H3,(H,22,28)(H,24,29)(H,25,31). The van der Waals surface area contributed by atoms with E-state index in [0.717, 1.165) is 23.8 Å². The Kier molecular flexibility index (Phi) is 6.84. The van der Waals surface area contributed by atoms with Crippen molar-refractivity contribution in [2.24, 2.45) is 0 Å². The number of amides is 2. The molecule has 3 heterocycles. The molecule has 13 heteroatoms. The van der Waals surface area contributed by atoms with E-state index in [9.17, 15) is 9.59 Å². The average molecular weight is 494 g/mol. The molecule has 1 aromatic carbocycles. The third-order valence-corrected chi connectivity index (χ3v) is 6.53. The van der Waals surface area contributed by atoms with Crippen LogP contribution in [0.25, 0.3) is 11.4 Å². The van der Waals surface area contributed by atoms with Crippen LogP contribution in [0.4, 0.5) is 5.13 Å². The number of anilines is 1. The van der Waals surface area contributed by atoms with E-state index in [0.29, 0.717) is 34.6 Å². The molecule has 2 aromatic heterocycles. The number of H-pyrrole nitrogens is 1. The van der Waals surface area contributed by atoms with Gasteiger partial charge in [-0.15, -0.1) is 0 Å². The number of hydrazine groups is 1. The number of aromatic nitrogens is 4. The summed E-state index contributed by atoms with van der Waals surface area (Å²) in [5.74, 6) is -0.398. The van der Waals surface area contributed by atoms with E-state index in [1.165, 1.54) is 15.9 Å². The zero-order chi connectivity index (χ0) is 22.7. The molecule has 0 atom stereocenters. The van der Waals surface area contributed by atoms with Crippen LogP contribution in [0, 0.1) is 11.7 Å². The smallest absolute Gasteiger partial charge is 0.281 e. The Morgan fingerprint density at radius 3 is 2.69 bits per heavy atom. The summed E-state index contributed by atoms with van der Waals surface area (Å²) in [5.41, 5.74) is 6.22. The van der Waals surface area contributed by atoms with E-state index in [1.54, 1.807) is 31.2 Å². The van der Waals surface area contributed by atoms with Gasteiger partial charge >= 0.3 is 0 Å². The summed E-state index contributed by atoms with van der Waals surface area (Å²) in [4.78, 5) is 32.1. The van der Waals surface area contributed by atoms with Gasteiger partial charge in [-0.3, -0.25) is 30.1 Å². The second kappa shape index (κ2) is 9.77. The predicted octanol–water partition coefficient (Wildman–Crippen LogP) is 2.32. The van der Waals surface area contributed by atoms with E-state index in [-0.39, 0.29) is 11.3 Å². The number of halogens is 1. The third-order valence-electron chi connectivity index (χ3n) is 4.75. The molecule has 2 amide bonds. The van der Waals surface area contributed by atoms with E-state index in [2.05, 4.69) is 30.9 Å². The van der Waals surface area contributed by atoms with E-state index < -0.39 is 11.8 Å². The first-order chi connectivity index (χ1) is 15.4. The number of benzene rings is 1. The van der Waals surface area contributed by atoms with Crippen LogP contribution in [0.5, 0.6) is 0 Å². The molecule has 1 saturated heterocycles. The van der Waals surface area contributed by atoms with Crippen LogP contribution in [0.1, 0.15) is 15.4 Å². The molecule has 32 heavy (non-hydrogen) atoms. The molecule has 1 aliphatic rings. The van der Waals surface area contributed by atoms with Gasteiger partial charge in [0.25, 0.3) is 11.8 Å². The number of ether oxygens (including phenoxy) is 1. The van der Waals surface area contributed by atoms with Crippen LogP contribution in [-0.4, -0.2) is 57.9 Å². The molecular weight excluding hydrogens is 474 g/mol. The van der Waals surface area contributed by atoms with Gasteiger partial charge < -0.3 is 9.64 Å². The highest BCUT2D eigenvalue weighted by Crippen LogP contribution is 2.26. The SMILES string of the molecule is Cc1nc(N2CCOCC2)sc1C(=O)NNC(=O)Cn1c(-c2ccc(Cl)cc2)n[nH]c1=S. The Hall–Kier alpha value is -2.80. The maximum atomic E-state index is 12.6. The Bertz CT molecular complexity index is 1180. The van der Waals surface area contributed by atoms with Crippen LogP contribution in [0.15, 0.2) is 24.3 Å². The lowest BCUT2D eigenvalue weighted by Gasteiger charge is -2.25. The highest BCUT2D eigenvalue weighted by Gasteiger charge is 2.21. The number of nitrogens with zero attached hydrogens (tertiary/aromatic N) is 4. The Labute approximate surface area is 197 Å². The first-order valence-corrected chi connectivity index (χ1v) is 11.3. The maximum absolute atomic E-state index is 12.6. The van der Waals surface area contributed by atoms with Gasteiger partial charge in [-0.25, -0.2) is 4.98 Å². The fourth-order valence-corrected chi connectivity index (χ4v) is 4.47. The van der Waals surface area contributed by atoms with Gasteiger partial charge in [0.05, 0.1) is 18.9 Å². The van der Waals surface area contributed by atoms with Gasteiger partial charge in [0.2, 0.25) is 0 Å². The van der Waals surface area contributed by atoms with Crippen molar-refractivity contribution in [3.63, 3.8) is 0 Å². The van der Waals surface area contributed by atoms with Crippen molar-refractivity contribution < 1.29 is 14.3 Å². The topological polar surface area (TPSA) is 117 Å². The fraction of sp³-hybridized carbons (Fsp3) is 0.316. The van der Waals surface area contributed by atoms with Crippen LogP contribution in [0.3, 0.4) is 0 Å². The second-order valence-corrected chi connectivity index (χ2v) is 8.76. The van der Waals surface area contributed by atoms with Gasteiger partial charge in [0.1, 0.15) is 11.4 Å². The Morgan fingerprint density at radius 1 is 1.25 bits per heavy atom. The molecule has 10 nitrogen and oxygen atoms in total. The van der Waals surface area contributed by atoms with Crippen LogP contribution in [-0.2, 0) is 16.1 Å². The molecule has 3 aromatic rings. The molecule has 0 radical (unpaired) electrons. The number of aryl methyl sites for hydroxylation is 1. The van der Waals surface area contributed by atoms with E-state index >= 15 is 0 Å². The molecule has 0 aliphatic carbocycles. The zero-order valence-electron chi connectivity index (χ0n) is 17.1. The molecule has 3 N–H and O–H groups in total. The number of morpholine rings is 1. The summed E-state index contributed by atoms with van der Waals surface area (Å²) in [6.45, 7) is 4.35. The number of rotatable bonds is 5. The van der Waals surface area contributed by atoms with Gasteiger partial charge in [0, 0.05) is 23.7 Å². The van der Waals surface area contributed by atoms with Crippen molar-refractivity contribution in [2.75, 3.05) is 31.2 Å². The highest BCUT2D eigenvalue weighted by molar-refractivity contribution is 7.71. The maximum Gasteiger partial charge on any atom is 0.281 e. The van der Waals surface area contributed by atoms with Crippen molar-refractivity contribution in [1.29, 1.82) is 0 Å². The molecule has 0 saturated carbocycles.